The highest BCUT2D eigenvalue weighted by molar-refractivity contribution is 5.79. The van der Waals surface area contributed by atoms with Crippen molar-refractivity contribution in [3.8, 4) is 5.75 Å². The van der Waals surface area contributed by atoms with Gasteiger partial charge in [0.05, 0.1) is 32.0 Å². The lowest BCUT2D eigenvalue weighted by atomic mass is 9.98. The van der Waals surface area contributed by atoms with E-state index in [1.54, 1.807) is 13.4 Å². The number of hydrogen-bond donors (Lipinski definition) is 2. The van der Waals surface area contributed by atoms with E-state index >= 15 is 0 Å². The minimum Gasteiger partial charge on any atom is -0.497 e. The van der Waals surface area contributed by atoms with Gasteiger partial charge in [0.1, 0.15) is 11.5 Å². The van der Waals surface area contributed by atoms with Gasteiger partial charge < -0.3 is 14.5 Å². The van der Waals surface area contributed by atoms with E-state index in [-0.39, 0.29) is 24.5 Å². The third kappa shape index (κ3) is 4.99. The van der Waals surface area contributed by atoms with Crippen molar-refractivity contribution in [3.63, 3.8) is 0 Å². The van der Waals surface area contributed by atoms with Crippen molar-refractivity contribution in [3.05, 3.63) is 89.9 Å². The molecule has 0 fully saturated rings. The van der Waals surface area contributed by atoms with Gasteiger partial charge in [-0.2, -0.15) is 0 Å². The number of hydrogen-bond acceptors (Lipinski definition) is 4. The molecule has 1 amide bonds. The van der Waals surface area contributed by atoms with Crippen LogP contribution in [0.15, 0.2) is 77.4 Å². The van der Waals surface area contributed by atoms with Gasteiger partial charge in [-0.15, -0.1) is 0 Å². The van der Waals surface area contributed by atoms with Crippen molar-refractivity contribution in [1.29, 1.82) is 0 Å². The highest BCUT2D eigenvalue weighted by Crippen LogP contribution is 2.24. The van der Waals surface area contributed by atoms with Gasteiger partial charge in [0.15, 0.2) is 0 Å². The molecular formula is C22H24N2O3. The van der Waals surface area contributed by atoms with E-state index in [2.05, 4.69) is 10.6 Å². The maximum Gasteiger partial charge on any atom is 0.234 e. The van der Waals surface area contributed by atoms with Gasteiger partial charge in [0.2, 0.25) is 5.91 Å². The fourth-order valence-corrected chi connectivity index (χ4v) is 2.90. The summed E-state index contributed by atoms with van der Waals surface area (Å²) in [5, 5.41) is 6.30. The van der Waals surface area contributed by atoms with E-state index in [1.165, 1.54) is 0 Å². The molecule has 2 atom stereocenters. The lowest BCUT2D eigenvalue weighted by Gasteiger charge is -2.21. The number of methoxy groups -OCH3 is 1. The van der Waals surface area contributed by atoms with Crippen LogP contribution in [0.3, 0.4) is 0 Å². The smallest absolute Gasteiger partial charge is 0.234 e. The van der Waals surface area contributed by atoms with Crippen molar-refractivity contribution in [2.75, 3.05) is 13.7 Å². The summed E-state index contributed by atoms with van der Waals surface area (Å²) in [5.74, 6) is 1.50. The highest BCUT2D eigenvalue weighted by Gasteiger charge is 2.18. The second-order valence-electron chi connectivity index (χ2n) is 6.30. The van der Waals surface area contributed by atoms with E-state index < -0.39 is 0 Å². The molecule has 140 valence electrons. The molecule has 5 nitrogen and oxygen atoms in total. The van der Waals surface area contributed by atoms with Gasteiger partial charge in [0.25, 0.3) is 0 Å². The molecule has 2 aromatic carbocycles. The van der Waals surface area contributed by atoms with Crippen LogP contribution < -0.4 is 15.4 Å². The quantitative estimate of drug-likeness (QED) is 0.637. The SMILES string of the molecule is COc1ccc([C@@H](NC(=O)CN[C@H](C)c2ccco2)c2ccccc2)cc1. The summed E-state index contributed by atoms with van der Waals surface area (Å²) in [6, 6.07) is 21.1. The summed E-state index contributed by atoms with van der Waals surface area (Å²) < 4.78 is 10.6. The molecule has 0 spiro atoms. The van der Waals surface area contributed by atoms with Gasteiger partial charge in [-0.05, 0) is 42.3 Å². The lowest BCUT2D eigenvalue weighted by Crippen LogP contribution is -2.37. The Balaban J connectivity index is 1.70. The average molecular weight is 364 g/mol. The fourth-order valence-electron chi connectivity index (χ4n) is 2.90. The van der Waals surface area contributed by atoms with Crippen LogP contribution in [0.2, 0.25) is 0 Å². The molecule has 1 aromatic heterocycles. The Kier molecular flexibility index (Phi) is 6.28. The number of rotatable bonds is 8. The Morgan fingerprint density at radius 2 is 1.70 bits per heavy atom. The first-order valence-electron chi connectivity index (χ1n) is 8.92. The number of benzene rings is 2. The van der Waals surface area contributed by atoms with Gasteiger partial charge >= 0.3 is 0 Å². The first-order valence-corrected chi connectivity index (χ1v) is 8.92. The Hall–Kier alpha value is -3.05. The highest BCUT2D eigenvalue weighted by atomic mass is 16.5. The Morgan fingerprint density at radius 1 is 1.00 bits per heavy atom. The molecule has 0 radical (unpaired) electrons. The number of nitrogens with one attached hydrogen (secondary N) is 2. The van der Waals surface area contributed by atoms with E-state index in [0.29, 0.717) is 0 Å². The maximum atomic E-state index is 12.6. The van der Waals surface area contributed by atoms with Crippen LogP contribution in [0.1, 0.15) is 35.9 Å². The molecule has 0 unspecified atom stereocenters. The van der Waals surface area contributed by atoms with Crippen molar-refractivity contribution >= 4 is 5.91 Å². The van der Waals surface area contributed by atoms with Gasteiger partial charge in [-0.25, -0.2) is 0 Å². The normalized spacial score (nSPS) is 13.0. The van der Waals surface area contributed by atoms with Crippen LogP contribution in [-0.4, -0.2) is 19.6 Å². The molecule has 1 heterocycles. The van der Waals surface area contributed by atoms with Crippen LogP contribution in [0.4, 0.5) is 0 Å². The molecule has 5 heteroatoms. The fraction of sp³-hybridized carbons (Fsp3) is 0.227. The van der Waals surface area contributed by atoms with Gasteiger partial charge in [-0.1, -0.05) is 42.5 Å². The van der Waals surface area contributed by atoms with E-state index in [0.717, 1.165) is 22.6 Å². The zero-order valence-corrected chi connectivity index (χ0v) is 15.5. The van der Waals surface area contributed by atoms with E-state index in [9.17, 15) is 4.79 Å². The van der Waals surface area contributed by atoms with Crippen LogP contribution in [0, 0.1) is 0 Å². The van der Waals surface area contributed by atoms with Crippen molar-refractivity contribution in [2.45, 2.75) is 19.0 Å². The minimum absolute atomic E-state index is 0.0399. The molecule has 27 heavy (non-hydrogen) atoms. The monoisotopic (exact) mass is 364 g/mol. The summed E-state index contributed by atoms with van der Waals surface area (Å²) in [6.07, 6.45) is 1.63. The number of furan rings is 1. The topological polar surface area (TPSA) is 63.5 Å². The average Bonchev–Trinajstić information content (AvgIpc) is 3.26. The van der Waals surface area contributed by atoms with Crippen molar-refractivity contribution < 1.29 is 13.9 Å². The molecule has 0 bridgehead atoms. The first kappa shape index (κ1) is 18.7. The second kappa shape index (κ2) is 9.05. The Bertz CT molecular complexity index is 830. The minimum atomic E-state index is -0.231. The number of amides is 1. The predicted molar refractivity (Wildman–Crippen MR) is 105 cm³/mol. The summed E-state index contributed by atoms with van der Waals surface area (Å²) in [6.45, 7) is 2.16. The molecule has 3 rings (SSSR count). The molecular weight excluding hydrogens is 340 g/mol. The second-order valence-corrected chi connectivity index (χ2v) is 6.30. The summed E-state index contributed by atoms with van der Waals surface area (Å²) in [4.78, 5) is 12.6. The van der Waals surface area contributed by atoms with Crippen LogP contribution >= 0.6 is 0 Å². The third-order valence-corrected chi connectivity index (χ3v) is 4.43. The van der Waals surface area contributed by atoms with Gasteiger partial charge in [0, 0.05) is 0 Å². The zero-order chi connectivity index (χ0) is 19.1. The summed E-state index contributed by atoms with van der Waals surface area (Å²) in [7, 11) is 1.64. The standard InChI is InChI=1S/C22H24N2O3/c1-16(20-9-6-14-27-20)23-15-21(25)24-22(17-7-4-3-5-8-17)18-10-12-19(26-2)13-11-18/h3-14,16,22-23H,15H2,1-2H3,(H,24,25)/t16-,22+/m1/s1. The van der Waals surface area contributed by atoms with E-state index in [1.807, 2.05) is 73.7 Å². The number of carbonyl (C=O) groups is 1. The lowest BCUT2D eigenvalue weighted by molar-refractivity contribution is -0.120. The molecule has 0 aliphatic heterocycles. The summed E-state index contributed by atoms with van der Waals surface area (Å²) in [5.41, 5.74) is 2.02. The molecule has 0 aliphatic carbocycles. The van der Waals surface area contributed by atoms with Crippen molar-refractivity contribution in [2.24, 2.45) is 0 Å². The Morgan fingerprint density at radius 3 is 2.33 bits per heavy atom. The summed E-state index contributed by atoms with van der Waals surface area (Å²) >= 11 is 0. The van der Waals surface area contributed by atoms with Crippen LogP contribution in [0.25, 0.3) is 0 Å². The molecule has 3 aromatic rings. The number of ether oxygens (including phenoxy) is 1. The first-order chi connectivity index (χ1) is 13.2. The molecule has 0 saturated heterocycles. The maximum absolute atomic E-state index is 12.6. The molecule has 2 N–H and O–H groups in total. The van der Waals surface area contributed by atoms with Crippen LogP contribution in [-0.2, 0) is 4.79 Å². The van der Waals surface area contributed by atoms with Crippen molar-refractivity contribution in [1.82, 2.24) is 10.6 Å². The predicted octanol–water partition coefficient (Wildman–Crippen LogP) is 3.84. The molecule has 0 aliphatic rings. The number of carbonyl (C=O) groups excluding carboxylic acids is 1. The zero-order valence-electron chi connectivity index (χ0n) is 15.5. The van der Waals surface area contributed by atoms with Crippen LogP contribution in [0.5, 0.6) is 5.75 Å². The largest absolute Gasteiger partial charge is 0.497 e. The van der Waals surface area contributed by atoms with E-state index in [4.69, 9.17) is 9.15 Å². The van der Waals surface area contributed by atoms with Gasteiger partial charge in [-0.3, -0.25) is 10.1 Å². The Labute approximate surface area is 159 Å². The third-order valence-electron chi connectivity index (χ3n) is 4.43. The molecule has 0 saturated carbocycles.